The number of rotatable bonds is 5. The second-order valence-corrected chi connectivity index (χ2v) is 8.62. The summed E-state index contributed by atoms with van der Waals surface area (Å²) in [6.45, 7) is 5.12. The van der Waals surface area contributed by atoms with Crippen molar-refractivity contribution in [1.82, 2.24) is 15.1 Å². The van der Waals surface area contributed by atoms with Gasteiger partial charge in [0.15, 0.2) is 0 Å². The number of nitrogens with zero attached hydrogens (tertiary/aromatic N) is 2. The lowest BCUT2D eigenvalue weighted by Crippen LogP contribution is -2.48. The monoisotopic (exact) mass is 391 g/mol. The van der Waals surface area contributed by atoms with Crippen LogP contribution in [0.5, 0.6) is 0 Å². The summed E-state index contributed by atoms with van der Waals surface area (Å²) >= 11 is 3.52. The minimum absolute atomic E-state index is 0.118. The third kappa shape index (κ3) is 3.77. The molecule has 1 aliphatic heterocycles. The first kappa shape index (κ1) is 16.4. The van der Waals surface area contributed by atoms with Gasteiger partial charge in [-0.05, 0) is 49.3 Å². The van der Waals surface area contributed by atoms with E-state index in [1.165, 1.54) is 18.4 Å². The van der Waals surface area contributed by atoms with Gasteiger partial charge in [-0.25, -0.2) is 4.79 Å². The summed E-state index contributed by atoms with van der Waals surface area (Å²) < 4.78 is 1.07. The van der Waals surface area contributed by atoms with Crippen LogP contribution < -0.4 is 5.32 Å². The van der Waals surface area contributed by atoms with E-state index in [4.69, 9.17) is 0 Å². The smallest absolute Gasteiger partial charge is 0.318 e. The van der Waals surface area contributed by atoms with Gasteiger partial charge in [-0.1, -0.05) is 35.0 Å². The molecule has 24 heavy (non-hydrogen) atoms. The Morgan fingerprint density at radius 1 is 1.29 bits per heavy atom. The molecule has 2 unspecified atom stereocenters. The molecule has 0 spiro atoms. The highest BCUT2D eigenvalue weighted by Crippen LogP contribution is 2.32. The Hall–Kier alpha value is -1.07. The van der Waals surface area contributed by atoms with E-state index in [9.17, 15) is 4.79 Å². The van der Waals surface area contributed by atoms with Crippen LogP contribution in [0.15, 0.2) is 28.7 Å². The third-order valence-corrected chi connectivity index (χ3v) is 6.00. The molecule has 1 aromatic rings. The van der Waals surface area contributed by atoms with E-state index >= 15 is 0 Å². The molecule has 1 N–H and O–H groups in total. The minimum atomic E-state index is 0.118. The molecule has 2 atom stereocenters. The molecule has 4 rings (SSSR count). The van der Waals surface area contributed by atoms with Crippen LogP contribution in [0.25, 0.3) is 0 Å². The molecule has 0 radical (unpaired) electrons. The van der Waals surface area contributed by atoms with Crippen molar-refractivity contribution in [3.63, 3.8) is 0 Å². The predicted molar refractivity (Wildman–Crippen MR) is 98.8 cm³/mol. The number of nitrogens with one attached hydrogen (secondary N) is 1. The normalized spacial score (nSPS) is 27.2. The SMILES string of the molecule is CC1CN(C2CC2)CC1NC(=O)N(Cc1cccc(Br)c1)C1CC1. The number of carbonyl (C=O) groups is 1. The highest BCUT2D eigenvalue weighted by atomic mass is 79.9. The number of hydrogen-bond donors (Lipinski definition) is 1. The van der Waals surface area contributed by atoms with Crippen LogP contribution in [0.4, 0.5) is 4.79 Å². The summed E-state index contributed by atoms with van der Waals surface area (Å²) in [5.41, 5.74) is 1.19. The molecule has 0 bridgehead atoms. The van der Waals surface area contributed by atoms with Crippen molar-refractivity contribution in [2.45, 2.75) is 57.3 Å². The molecule has 2 amide bonds. The first-order valence-corrected chi connectivity index (χ1v) is 9.95. The van der Waals surface area contributed by atoms with Crippen molar-refractivity contribution in [2.75, 3.05) is 13.1 Å². The van der Waals surface area contributed by atoms with Gasteiger partial charge < -0.3 is 10.2 Å². The van der Waals surface area contributed by atoms with E-state index in [1.807, 2.05) is 17.0 Å². The van der Waals surface area contributed by atoms with E-state index < -0.39 is 0 Å². The Morgan fingerprint density at radius 2 is 2.08 bits per heavy atom. The summed E-state index contributed by atoms with van der Waals surface area (Å²) in [5, 5.41) is 3.33. The summed E-state index contributed by atoms with van der Waals surface area (Å²) in [4.78, 5) is 17.5. The molecule has 0 aromatic heterocycles. The number of carbonyl (C=O) groups excluding carboxylic acids is 1. The fraction of sp³-hybridized carbons (Fsp3) is 0.632. The van der Waals surface area contributed by atoms with Crippen LogP contribution in [0, 0.1) is 5.92 Å². The van der Waals surface area contributed by atoms with Crippen molar-refractivity contribution in [3.8, 4) is 0 Å². The Balaban J connectivity index is 1.39. The number of amides is 2. The van der Waals surface area contributed by atoms with Crippen molar-refractivity contribution in [2.24, 2.45) is 5.92 Å². The molecule has 5 heteroatoms. The van der Waals surface area contributed by atoms with Crippen LogP contribution in [0.3, 0.4) is 0 Å². The zero-order valence-corrected chi connectivity index (χ0v) is 15.8. The van der Waals surface area contributed by atoms with Gasteiger partial charge in [0.25, 0.3) is 0 Å². The van der Waals surface area contributed by atoms with Gasteiger partial charge in [-0.3, -0.25) is 4.90 Å². The summed E-state index contributed by atoms with van der Waals surface area (Å²) in [7, 11) is 0. The second-order valence-electron chi connectivity index (χ2n) is 7.71. The molecule has 4 nitrogen and oxygen atoms in total. The standard InChI is InChI=1S/C19H26BrN3O/c1-13-10-22(16-5-6-16)12-18(13)21-19(24)23(17-7-8-17)11-14-3-2-4-15(20)9-14/h2-4,9,13,16-18H,5-8,10-12H2,1H3,(H,21,24). The van der Waals surface area contributed by atoms with Gasteiger partial charge in [0.05, 0.1) is 0 Å². The van der Waals surface area contributed by atoms with Crippen molar-refractivity contribution in [3.05, 3.63) is 34.3 Å². The Kier molecular flexibility index (Phi) is 4.56. The van der Waals surface area contributed by atoms with Crippen LogP contribution in [-0.4, -0.2) is 47.0 Å². The molecule has 2 saturated carbocycles. The van der Waals surface area contributed by atoms with Crippen LogP contribution in [0.2, 0.25) is 0 Å². The molecular formula is C19H26BrN3O. The third-order valence-electron chi connectivity index (χ3n) is 5.50. The Labute approximate surface area is 152 Å². The fourth-order valence-electron chi connectivity index (χ4n) is 3.76. The zero-order valence-electron chi connectivity index (χ0n) is 14.2. The number of hydrogen-bond acceptors (Lipinski definition) is 2. The maximum Gasteiger partial charge on any atom is 0.318 e. The molecule has 1 saturated heterocycles. The Bertz CT molecular complexity index is 614. The number of benzene rings is 1. The molecule has 130 valence electrons. The highest BCUT2D eigenvalue weighted by molar-refractivity contribution is 9.10. The van der Waals surface area contributed by atoms with Crippen LogP contribution in [0.1, 0.15) is 38.2 Å². The average molecular weight is 392 g/mol. The molecular weight excluding hydrogens is 366 g/mol. The van der Waals surface area contributed by atoms with E-state index in [0.717, 1.165) is 36.4 Å². The Morgan fingerprint density at radius 3 is 2.75 bits per heavy atom. The average Bonchev–Trinajstić information content (AvgIpc) is 3.45. The molecule has 1 heterocycles. The van der Waals surface area contributed by atoms with Gasteiger partial charge in [0.1, 0.15) is 0 Å². The summed E-state index contributed by atoms with van der Waals surface area (Å²) in [6.07, 6.45) is 4.95. The summed E-state index contributed by atoms with van der Waals surface area (Å²) in [6, 6.07) is 9.88. The van der Waals surface area contributed by atoms with Gasteiger partial charge in [-0.2, -0.15) is 0 Å². The van der Waals surface area contributed by atoms with Crippen molar-refractivity contribution < 1.29 is 4.79 Å². The first-order valence-electron chi connectivity index (χ1n) is 9.16. The molecule has 3 fully saturated rings. The van der Waals surface area contributed by atoms with E-state index in [2.05, 4.69) is 45.2 Å². The van der Waals surface area contributed by atoms with Crippen molar-refractivity contribution in [1.29, 1.82) is 0 Å². The lowest BCUT2D eigenvalue weighted by molar-refractivity contribution is 0.185. The largest absolute Gasteiger partial charge is 0.334 e. The molecule has 2 aliphatic carbocycles. The molecule has 3 aliphatic rings. The van der Waals surface area contributed by atoms with E-state index in [1.54, 1.807) is 0 Å². The second kappa shape index (κ2) is 6.68. The van der Waals surface area contributed by atoms with Crippen molar-refractivity contribution >= 4 is 22.0 Å². The van der Waals surface area contributed by atoms with Crippen LogP contribution in [-0.2, 0) is 6.54 Å². The van der Waals surface area contributed by atoms with Gasteiger partial charge in [-0.15, -0.1) is 0 Å². The van der Waals surface area contributed by atoms with E-state index in [-0.39, 0.29) is 6.03 Å². The van der Waals surface area contributed by atoms with Gasteiger partial charge >= 0.3 is 6.03 Å². The topological polar surface area (TPSA) is 35.6 Å². The quantitative estimate of drug-likeness (QED) is 0.831. The number of urea groups is 1. The number of halogens is 1. The van der Waals surface area contributed by atoms with Crippen LogP contribution >= 0.6 is 15.9 Å². The maximum atomic E-state index is 12.9. The minimum Gasteiger partial charge on any atom is -0.334 e. The lowest BCUT2D eigenvalue weighted by atomic mass is 10.1. The first-order chi connectivity index (χ1) is 11.6. The van der Waals surface area contributed by atoms with Gasteiger partial charge in [0, 0.05) is 42.2 Å². The maximum absolute atomic E-state index is 12.9. The fourth-order valence-corrected chi connectivity index (χ4v) is 4.20. The van der Waals surface area contributed by atoms with Gasteiger partial charge in [0.2, 0.25) is 0 Å². The summed E-state index contributed by atoms with van der Waals surface area (Å²) in [5.74, 6) is 0.543. The van der Waals surface area contributed by atoms with E-state index in [0.29, 0.717) is 24.5 Å². The predicted octanol–water partition coefficient (Wildman–Crippen LogP) is 3.61. The zero-order chi connectivity index (χ0) is 16.7. The molecule has 1 aromatic carbocycles. The lowest BCUT2D eigenvalue weighted by Gasteiger charge is -2.26. The highest BCUT2D eigenvalue weighted by Gasteiger charge is 2.40. The number of likely N-dealkylation sites (tertiary alicyclic amines) is 1.